The highest BCUT2D eigenvalue weighted by Gasteiger charge is 2.07. The Balaban J connectivity index is 1.90. The van der Waals surface area contributed by atoms with Crippen molar-refractivity contribution in [2.24, 2.45) is 0 Å². The van der Waals surface area contributed by atoms with Crippen molar-refractivity contribution in [1.29, 1.82) is 0 Å². The first-order valence-corrected chi connectivity index (χ1v) is 11.7. The molecule has 0 fully saturated rings. The number of ether oxygens (including phenoxy) is 1. The van der Waals surface area contributed by atoms with Crippen LogP contribution in [0.1, 0.15) is 102 Å². The van der Waals surface area contributed by atoms with Crippen molar-refractivity contribution in [2.45, 2.75) is 116 Å². The molecule has 1 aromatic carbocycles. The van der Waals surface area contributed by atoms with Crippen molar-refractivity contribution in [1.82, 2.24) is 0 Å². The van der Waals surface area contributed by atoms with Crippen LogP contribution in [0.2, 0.25) is 0 Å². The van der Waals surface area contributed by atoms with E-state index in [4.69, 9.17) is 9.84 Å². The summed E-state index contributed by atoms with van der Waals surface area (Å²) in [6, 6.07) is 10.4. The van der Waals surface area contributed by atoms with Gasteiger partial charge < -0.3 is 14.9 Å². The zero-order chi connectivity index (χ0) is 21.2. The first-order valence-electron chi connectivity index (χ1n) is 11.7. The lowest BCUT2D eigenvalue weighted by Crippen LogP contribution is -2.11. The van der Waals surface area contributed by atoms with Gasteiger partial charge in [0.1, 0.15) is 0 Å². The summed E-state index contributed by atoms with van der Waals surface area (Å²) < 4.78 is 6.05. The molecule has 0 saturated carbocycles. The Labute approximate surface area is 177 Å². The van der Waals surface area contributed by atoms with Crippen LogP contribution < -0.4 is 0 Å². The van der Waals surface area contributed by atoms with E-state index in [0.717, 1.165) is 38.5 Å². The second-order valence-corrected chi connectivity index (χ2v) is 8.17. The molecule has 0 radical (unpaired) electrons. The van der Waals surface area contributed by atoms with E-state index in [1.165, 1.54) is 44.1 Å². The largest absolute Gasteiger partial charge is 0.481 e. The molecule has 0 aliphatic heterocycles. The second-order valence-electron chi connectivity index (χ2n) is 8.17. The molecule has 0 aliphatic rings. The molecule has 166 valence electrons. The zero-order valence-corrected chi connectivity index (χ0v) is 18.4. The van der Waals surface area contributed by atoms with Gasteiger partial charge in [-0.1, -0.05) is 88.6 Å². The number of hydrogen-bond acceptors (Lipinski definition) is 3. The van der Waals surface area contributed by atoms with Gasteiger partial charge in [0, 0.05) is 6.42 Å². The van der Waals surface area contributed by atoms with Gasteiger partial charge in [0.2, 0.25) is 0 Å². The molecule has 4 heteroatoms. The molecule has 0 heterocycles. The number of rotatable bonds is 19. The summed E-state index contributed by atoms with van der Waals surface area (Å²) in [5.41, 5.74) is 1.25. The molecule has 2 unspecified atom stereocenters. The molecule has 0 bridgehead atoms. The van der Waals surface area contributed by atoms with Crippen molar-refractivity contribution in [3.05, 3.63) is 35.9 Å². The summed E-state index contributed by atoms with van der Waals surface area (Å²) in [6.07, 6.45) is 14.2. The van der Waals surface area contributed by atoms with E-state index >= 15 is 0 Å². The number of hydrogen-bond donors (Lipinski definition) is 2. The molecular formula is C25H42O4. The predicted molar refractivity (Wildman–Crippen MR) is 119 cm³/mol. The van der Waals surface area contributed by atoms with Gasteiger partial charge >= 0.3 is 5.97 Å². The van der Waals surface area contributed by atoms with Gasteiger partial charge in [0.15, 0.2) is 0 Å². The third-order valence-electron chi connectivity index (χ3n) is 5.53. The molecule has 0 saturated heterocycles. The minimum absolute atomic E-state index is 0.213. The van der Waals surface area contributed by atoms with E-state index < -0.39 is 5.97 Å². The number of aliphatic carboxylic acids is 1. The molecule has 4 nitrogen and oxygen atoms in total. The second kappa shape index (κ2) is 17.5. The third-order valence-corrected chi connectivity index (χ3v) is 5.53. The molecule has 1 aromatic rings. The summed E-state index contributed by atoms with van der Waals surface area (Å²) in [5, 5.41) is 18.5. The van der Waals surface area contributed by atoms with Crippen LogP contribution in [0.15, 0.2) is 30.3 Å². The molecular weight excluding hydrogens is 364 g/mol. The van der Waals surface area contributed by atoms with Gasteiger partial charge in [-0.25, -0.2) is 0 Å². The van der Waals surface area contributed by atoms with E-state index in [1.807, 2.05) is 6.07 Å². The van der Waals surface area contributed by atoms with Gasteiger partial charge in [-0.05, 0) is 37.7 Å². The maximum atomic E-state index is 10.4. The summed E-state index contributed by atoms with van der Waals surface area (Å²) in [6.45, 7) is 2.92. The minimum Gasteiger partial charge on any atom is -0.481 e. The van der Waals surface area contributed by atoms with Crippen molar-refractivity contribution in [3.63, 3.8) is 0 Å². The van der Waals surface area contributed by atoms with E-state index in [1.54, 1.807) is 0 Å². The highest BCUT2D eigenvalue weighted by Crippen LogP contribution is 2.16. The van der Waals surface area contributed by atoms with Crippen molar-refractivity contribution < 1.29 is 19.7 Å². The number of aliphatic hydroxyl groups is 1. The Morgan fingerprint density at radius 1 is 0.862 bits per heavy atom. The SMILES string of the molecule is CCC(CCCCCCCCCC(O)CCCCC(=O)O)OCc1ccccc1. The molecule has 2 N–H and O–H groups in total. The van der Waals surface area contributed by atoms with Crippen molar-refractivity contribution in [3.8, 4) is 0 Å². The number of unbranched alkanes of at least 4 members (excludes halogenated alkanes) is 7. The summed E-state index contributed by atoms with van der Waals surface area (Å²) in [5.74, 6) is -0.746. The van der Waals surface area contributed by atoms with Crippen LogP contribution in [-0.2, 0) is 16.1 Å². The number of aliphatic hydroxyl groups excluding tert-OH is 1. The standard InChI is InChI=1S/C25H42O4/c1-2-24(29-21-22-15-9-8-10-16-22)19-12-7-5-3-4-6-11-17-23(26)18-13-14-20-25(27)28/h8-10,15-16,23-24,26H,2-7,11-14,17-21H2,1H3,(H,27,28). The minimum atomic E-state index is -0.746. The molecule has 0 aliphatic carbocycles. The third kappa shape index (κ3) is 15.2. The lowest BCUT2D eigenvalue weighted by molar-refractivity contribution is -0.137. The van der Waals surface area contributed by atoms with E-state index in [0.29, 0.717) is 19.1 Å². The Hall–Kier alpha value is -1.39. The maximum Gasteiger partial charge on any atom is 0.303 e. The zero-order valence-electron chi connectivity index (χ0n) is 18.4. The van der Waals surface area contributed by atoms with E-state index in [9.17, 15) is 9.90 Å². The fourth-order valence-electron chi connectivity index (χ4n) is 3.63. The first-order chi connectivity index (χ1) is 14.1. The van der Waals surface area contributed by atoms with Gasteiger partial charge in [-0.15, -0.1) is 0 Å². The van der Waals surface area contributed by atoms with E-state index in [-0.39, 0.29) is 12.5 Å². The van der Waals surface area contributed by atoms with Crippen LogP contribution in [0.5, 0.6) is 0 Å². The number of carbonyl (C=O) groups is 1. The normalized spacial score (nSPS) is 13.3. The van der Waals surface area contributed by atoms with Crippen molar-refractivity contribution in [2.75, 3.05) is 0 Å². The lowest BCUT2D eigenvalue weighted by atomic mass is 10.0. The number of benzene rings is 1. The molecule has 0 aromatic heterocycles. The average molecular weight is 407 g/mol. The predicted octanol–water partition coefficient (Wildman–Crippen LogP) is 6.50. The highest BCUT2D eigenvalue weighted by molar-refractivity contribution is 5.66. The molecule has 2 atom stereocenters. The monoisotopic (exact) mass is 406 g/mol. The number of carboxylic acids is 1. The van der Waals surface area contributed by atoms with Gasteiger partial charge in [-0.3, -0.25) is 4.79 Å². The smallest absolute Gasteiger partial charge is 0.303 e. The van der Waals surface area contributed by atoms with Gasteiger partial charge in [0.05, 0.1) is 18.8 Å². The van der Waals surface area contributed by atoms with E-state index in [2.05, 4.69) is 31.2 Å². The first kappa shape index (κ1) is 25.6. The molecule has 29 heavy (non-hydrogen) atoms. The molecule has 1 rings (SSSR count). The highest BCUT2D eigenvalue weighted by atomic mass is 16.5. The van der Waals surface area contributed by atoms with Crippen LogP contribution in [0, 0.1) is 0 Å². The Morgan fingerprint density at radius 3 is 2.00 bits per heavy atom. The maximum absolute atomic E-state index is 10.4. The van der Waals surface area contributed by atoms with Crippen LogP contribution in [0.25, 0.3) is 0 Å². The summed E-state index contributed by atoms with van der Waals surface area (Å²) in [7, 11) is 0. The van der Waals surface area contributed by atoms with Gasteiger partial charge in [-0.2, -0.15) is 0 Å². The molecule has 0 spiro atoms. The number of carboxylic acid groups (broad SMARTS) is 1. The summed E-state index contributed by atoms with van der Waals surface area (Å²) in [4.78, 5) is 10.4. The van der Waals surface area contributed by atoms with Crippen molar-refractivity contribution >= 4 is 5.97 Å². The van der Waals surface area contributed by atoms with Gasteiger partial charge in [0.25, 0.3) is 0 Å². The Kier molecular flexibility index (Phi) is 15.4. The lowest BCUT2D eigenvalue weighted by Gasteiger charge is -2.16. The van der Waals surface area contributed by atoms with Crippen LogP contribution in [-0.4, -0.2) is 28.4 Å². The quantitative estimate of drug-likeness (QED) is 0.257. The fourth-order valence-corrected chi connectivity index (χ4v) is 3.63. The Bertz CT molecular complexity index is 503. The topological polar surface area (TPSA) is 66.8 Å². The Morgan fingerprint density at radius 2 is 1.41 bits per heavy atom. The fraction of sp³-hybridized carbons (Fsp3) is 0.720. The summed E-state index contributed by atoms with van der Waals surface area (Å²) >= 11 is 0. The average Bonchev–Trinajstić information content (AvgIpc) is 2.72. The van der Waals surface area contributed by atoms with Crippen LogP contribution in [0.3, 0.4) is 0 Å². The van der Waals surface area contributed by atoms with Crippen LogP contribution in [0.4, 0.5) is 0 Å². The van der Waals surface area contributed by atoms with Crippen LogP contribution >= 0.6 is 0 Å². The molecule has 0 amide bonds.